The lowest BCUT2D eigenvalue weighted by Gasteiger charge is -2.33. The lowest BCUT2D eigenvalue weighted by Crippen LogP contribution is -2.38. The smallest absolute Gasteiger partial charge is 0.419 e. The highest BCUT2D eigenvalue weighted by atomic mass is 19.4. The number of piperidine rings is 1. The minimum atomic E-state index is -4.47. The summed E-state index contributed by atoms with van der Waals surface area (Å²) in [6.07, 6.45) is -0.549. The van der Waals surface area contributed by atoms with E-state index in [-0.39, 0.29) is 23.5 Å². The van der Waals surface area contributed by atoms with Crippen LogP contribution in [-0.2, 0) is 17.5 Å². The first-order chi connectivity index (χ1) is 15.3. The Morgan fingerprint density at radius 2 is 1.81 bits per heavy atom. The number of hydrogen-bond acceptors (Lipinski definition) is 8. The lowest BCUT2D eigenvalue weighted by molar-refractivity contribution is -0.139. The van der Waals surface area contributed by atoms with Gasteiger partial charge in [-0.05, 0) is 17.3 Å². The van der Waals surface area contributed by atoms with Crippen molar-refractivity contribution in [2.45, 2.75) is 31.7 Å². The van der Waals surface area contributed by atoms with Gasteiger partial charge in [-0.25, -0.2) is 9.97 Å². The number of anilines is 1. The van der Waals surface area contributed by atoms with Crippen molar-refractivity contribution < 1.29 is 27.8 Å². The molecule has 0 unspecified atom stereocenters. The fourth-order valence-electron chi connectivity index (χ4n) is 3.34. The largest absolute Gasteiger partial charge is 0.490 e. The molecule has 1 aromatic carbocycles. The fourth-order valence-corrected chi connectivity index (χ4v) is 3.34. The van der Waals surface area contributed by atoms with Crippen LogP contribution in [0.5, 0.6) is 5.75 Å². The molecule has 1 aliphatic heterocycles. The van der Waals surface area contributed by atoms with E-state index in [1.807, 2.05) is 4.90 Å². The number of nitrogens with zero attached hydrogens (tertiary/aromatic N) is 7. The quantitative estimate of drug-likeness (QED) is 0.604. The standard InChI is InChI=1S/C19H18F3N7O3/c20-19(21,22)14-3-1-2-4-15(14)32-13-5-7-28(8-6-13)12-9-23-17(24-10-12)18-25-27-29(26-18)11-16(30)31/h1-4,9-10,13H,5-8,11H2,(H,30,31). The highest BCUT2D eigenvalue weighted by molar-refractivity contribution is 5.66. The molecule has 168 valence electrons. The molecule has 1 fully saturated rings. The molecule has 10 nitrogen and oxygen atoms in total. The number of tetrazole rings is 1. The lowest BCUT2D eigenvalue weighted by atomic mass is 10.1. The van der Waals surface area contributed by atoms with E-state index < -0.39 is 24.3 Å². The number of alkyl halides is 3. The van der Waals surface area contributed by atoms with Crippen molar-refractivity contribution >= 4 is 11.7 Å². The van der Waals surface area contributed by atoms with Gasteiger partial charge in [-0.15, -0.1) is 10.2 Å². The van der Waals surface area contributed by atoms with Crippen molar-refractivity contribution in [2.24, 2.45) is 0 Å². The third kappa shape index (κ3) is 4.92. The Morgan fingerprint density at radius 1 is 1.12 bits per heavy atom. The molecule has 0 saturated carbocycles. The molecule has 1 aliphatic rings. The molecule has 13 heteroatoms. The summed E-state index contributed by atoms with van der Waals surface area (Å²) in [5.41, 5.74) is -0.0406. The minimum Gasteiger partial charge on any atom is -0.490 e. The number of carbonyl (C=O) groups is 1. The molecule has 32 heavy (non-hydrogen) atoms. The SMILES string of the molecule is O=C(O)Cn1nnc(-c2ncc(N3CCC(Oc4ccccc4C(F)(F)F)CC3)cn2)n1. The van der Waals surface area contributed by atoms with Crippen molar-refractivity contribution in [1.29, 1.82) is 0 Å². The van der Waals surface area contributed by atoms with Crippen LogP contribution in [0.2, 0.25) is 0 Å². The first kappa shape index (κ1) is 21.5. The van der Waals surface area contributed by atoms with Gasteiger partial charge >= 0.3 is 12.1 Å². The Bertz CT molecular complexity index is 1080. The molecule has 0 amide bonds. The number of hydrogen-bond donors (Lipinski definition) is 1. The van der Waals surface area contributed by atoms with Crippen LogP contribution in [0.4, 0.5) is 18.9 Å². The van der Waals surface area contributed by atoms with Crippen molar-refractivity contribution in [2.75, 3.05) is 18.0 Å². The number of halogens is 3. The van der Waals surface area contributed by atoms with Gasteiger partial charge in [0, 0.05) is 25.9 Å². The van der Waals surface area contributed by atoms with Crippen LogP contribution in [-0.4, -0.2) is 60.4 Å². The predicted octanol–water partition coefficient (Wildman–Crippen LogP) is 2.28. The van der Waals surface area contributed by atoms with Gasteiger partial charge in [0.05, 0.1) is 23.6 Å². The van der Waals surface area contributed by atoms with Crippen LogP contribution in [0.1, 0.15) is 18.4 Å². The zero-order valence-electron chi connectivity index (χ0n) is 16.6. The highest BCUT2D eigenvalue weighted by Crippen LogP contribution is 2.37. The van der Waals surface area contributed by atoms with Gasteiger partial charge in [-0.1, -0.05) is 12.1 Å². The number of aromatic nitrogens is 6. The molecule has 3 heterocycles. The van der Waals surface area contributed by atoms with E-state index in [9.17, 15) is 18.0 Å². The summed E-state index contributed by atoms with van der Waals surface area (Å²) in [5.74, 6) is -0.949. The molecule has 0 radical (unpaired) electrons. The first-order valence-corrected chi connectivity index (χ1v) is 9.69. The van der Waals surface area contributed by atoms with E-state index in [1.165, 1.54) is 18.2 Å². The van der Waals surface area contributed by atoms with Crippen molar-refractivity contribution in [1.82, 2.24) is 30.2 Å². The van der Waals surface area contributed by atoms with E-state index in [0.29, 0.717) is 25.9 Å². The van der Waals surface area contributed by atoms with Gasteiger partial charge in [-0.3, -0.25) is 4.79 Å². The van der Waals surface area contributed by atoms with Crippen LogP contribution >= 0.6 is 0 Å². The van der Waals surface area contributed by atoms with Crippen molar-refractivity contribution in [3.05, 3.63) is 42.2 Å². The molecular formula is C19H18F3N7O3. The minimum absolute atomic E-state index is 0.105. The zero-order chi connectivity index (χ0) is 22.7. The van der Waals surface area contributed by atoms with Gasteiger partial charge in [0.1, 0.15) is 11.9 Å². The number of benzene rings is 1. The molecular weight excluding hydrogens is 431 g/mol. The van der Waals surface area contributed by atoms with Crippen LogP contribution in [0.3, 0.4) is 0 Å². The predicted molar refractivity (Wildman–Crippen MR) is 104 cm³/mol. The third-order valence-corrected chi connectivity index (χ3v) is 4.86. The number of ether oxygens (including phenoxy) is 1. The Balaban J connectivity index is 1.36. The van der Waals surface area contributed by atoms with Crippen LogP contribution < -0.4 is 9.64 Å². The van der Waals surface area contributed by atoms with E-state index in [2.05, 4.69) is 25.4 Å². The fraction of sp³-hybridized carbons (Fsp3) is 0.368. The second-order valence-electron chi connectivity index (χ2n) is 7.10. The first-order valence-electron chi connectivity index (χ1n) is 9.69. The number of carboxylic acids is 1. The Labute approximate surface area is 179 Å². The highest BCUT2D eigenvalue weighted by Gasteiger charge is 2.35. The van der Waals surface area contributed by atoms with Gasteiger partial charge in [-0.2, -0.15) is 18.0 Å². The molecule has 4 rings (SSSR count). The Morgan fingerprint density at radius 3 is 2.47 bits per heavy atom. The van der Waals surface area contributed by atoms with Crippen molar-refractivity contribution in [3.8, 4) is 17.4 Å². The summed E-state index contributed by atoms with van der Waals surface area (Å²) in [6.45, 7) is 0.707. The monoisotopic (exact) mass is 449 g/mol. The second kappa shape index (κ2) is 8.77. The van der Waals surface area contributed by atoms with E-state index in [4.69, 9.17) is 9.84 Å². The molecule has 0 bridgehead atoms. The summed E-state index contributed by atoms with van der Waals surface area (Å²) in [5, 5.41) is 20.0. The average molecular weight is 449 g/mol. The molecule has 1 N–H and O–H groups in total. The summed E-state index contributed by atoms with van der Waals surface area (Å²) in [6, 6.07) is 5.21. The van der Waals surface area contributed by atoms with Crippen LogP contribution in [0.15, 0.2) is 36.7 Å². The van der Waals surface area contributed by atoms with Gasteiger partial charge in [0.2, 0.25) is 11.6 Å². The van der Waals surface area contributed by atoms with E-state index in [1.54, 1.807) is 12.4 Å². The third-order valence-electron chi connectivity index (χ3n) is 4.86. The molecule has 1 saturated heterocycles. The van der Waals surface area contributed by atoms with Crippen LogP contribution in [0.25, 0.3) is 11.6 Å². The number of aliphatic carboxylic acids is 1. The molecule has 0 atom stereocenters. The normalized spacial score (nSPS) is 15.0. The Hall–Kier alpha value is -3.77. The van der Waals surface area contributed by atoms with E-state index in [0.717, 1.165) is 16.6 Å². The summed E-state index contributed by atoms with van der Waals surface area (Å²) in [4.78, 5) is 22.0. The zero-order valence-corrected chi connectivity index (χ0v) is 16.6. The van der Waals surface area contributed by atoms with Crippen LogP contribution in [0, 0.1) is 0 Å². The molecule has 2 aromatic heterocycles. The van der Waals surface area contributed by atoms with Gasteiger partial charge < -0.3 is 14.7 Å². The second-order valence-corrected chi connectivity index (χ2v) is 7.10. The molecule has 0 aliphatic carbocycles. The maximum Gasteiger partial charge on any atom is 0.419 e. The molecule has 0 spiro atoms. The average Bonchev–Trinajstić information content (AvgIpc) is 3.22. The van der Waals surface area contributed by atoms with Gasteiger partial charge in [0.25, 0.3) is 0 Å². The van der Waals surface area contributed by atoms with E-state index >= 15 is 0 Å². The summed E-state index contributed by atoms with van der Waals surface area (Å²) >= 11 is 0. The maximum atomic E-state index is 13.2. The Kier molecular flexibility index (Phi) is 5.88. The topological polar surface area (TPSA) is 119 Å². The molecule has 3 aromatic rings. The number of rotatable bonds is 6. The summed E-state index contributed by atoms with van der Waals surface area (Å²) in [7, 11) is 0. The maximum absolute atomic E-state index is 13.2. The number of para-hydroxylation sites is 1. The number of carboxylic acid groups (broad SMARTS) is 1. The van der Waals surface area contributed by atoms with Crippen molar-refractivity contribution in [3.63, 3.8) is 0 Å². The van der Waals surface area contributed by atoms with Gasteiger partial charge in [0.15, 0.2) is 6.54 Å². The summed E-state index contributed by atoms with van der Waals surface area (Å²) < 4.78 is 45.1.